The third-order valence-corrected chi connectivity index (χ3v) is 5.33. The lowest BCUT2D eigenvalue weighted by Crippen LogP contribution is -2.09. The summed E-state index contributed by atoms with van der Waals surface area (Å²) >= 11 is 6.39. The van der Waals surface area contributed by atoms with Crippen LogP contribution >= 0.6 is 11.6 Å². The van der Waals surface area contributed by atoms with Crippen LogP contribution in [0, 0.1) is 5.82 Å². The molecule has 0 spiro atoms. The first-order chi connectivity index (χ1) is 14.1. The highest BCUT2D eigenvalue weighted by molar-refractivity contribution is 6.35. The van der Waals surface area contributed by atoms with E-state index in [1.54, 1.807) is 24.7 Å². The van der Waals surface area contributed by atoms with E-state index in [2.05, 4.69) is 15.0 Å². The van der Waals surface area contributed by atoms with Gasteiger partial charge in [0.15, 0.2) is 5.65 Å². The molecular weight excluding hydrogens is 389 g/mol. The first-order valence-corrected chi connectivity index (χ1v) is 9.47. The molecule has 0 fully saturated rings. The molecule has 7 heteroatoms. The van der Waals surface area contributed by atoms with Crippen molar-refractivity contribution in [1.82, 2.24) is 24.5 Å². The van der Waals surface area contributed by atoms with Gasteiger partial charge in [-0.25, -0.2) is 24.3 Å². The minimum Gasteiger partial charge on any atom is -0.308 e. The van der Waals surface area contributed by atoms with Crippen molar-refractivity contribution in [1.29, 1.82) is 0 Å². The number of nitrogens with zero attached hydrogens (tertiary/aromatic N) is 5. The van der Waals surface area contributed by atoms with Crippen LogP contribution in [0.25, 0.3) is 33.3 Å². The Hall–Kier alpha value is -3.38. The molecule has 3 heterocycles. The van der Waals surface area contributed by atoms with Gasteiger partial charge in [-0.3, -0.25) is 0 Å². The molecule has 0 aliphatic carbocycles. The zero-order valence-corrected chi connectivity index (χ0v) is 16.2. The van der Waals surface area contributed by atoms with Crippen molar-refractivity contribution in [3.05, 3.63) is 83.8 Å². The number of para-hydroxylation sites is 1. The van der Waals surface area contributed by atoms with Crippen LogP contribution in [0.5, 0.6) is 0 Å². The molecule has 0 saturated carbocycles. The molecule has 5 aromatic rings. The fourth-order valence-corrected chi connectivity index (χ4v) is 3.81. The van der Waals surface area contributed by atoms with Gasteiger partial charge < -0.3 is 4.57 Å². The summed E-state index contributed by atoms with van der Waals surface area (Å²) in [6.45, 7) is 2.04. The highest BCUT2D eigenvalue weighted by Gasteiger charge is 2.20. The topological polar surface area (TPSA) is 56.5 Å². The van der Waals surface area contributed by atoms with Gasteiger partial charge in [-0.05, 0) is 31.2 Å². The van der Waals surface area contributed by atoms with Crippen molar-refractivity contribution in [2.24, 2.45) is 0 Å². The van der Waals surface area contributed by atoms with E-state index < -0.39 is 0 Å². The Kier molecular flexibility index (Phi) is 4.21. The standard InChI is InChI=1S/C22H15ClFN5/c1-13(29-12-27-19-10-25-11-26-22(19)29)17-9-15-5-3-7-18(23)21(15)28-20(17)14-4-2-6-16(24)8-14/h2-13H,1H3/t13-/m1/s1. The quantitative estimate of drug-likeness (QED) is 0.402. The molecule has 0 bridgehead atoms. The smallest absolute Gasteiger partial charge is 0.163 e. The van der Waals surface area contributed by atoms with Crippen LogP contribution in [0.4, 0.5) is 4.39 Å². The van der Waals surface area contributed by atoms with E-state index >= 15 is 0 Å². The first-order valence-electron chi connectivity index (χ1n) is 9.09. The Morgan fingerprint density at radius 1 is 1.07 bits per heavy atom. The summed E-state index contributed by atoms with van der Waals surface area (Å²) in [5, 5.41) is 1.47. The first kappa shape index (κ1) is 17.7. The lowest BCUT2D eigenvalue weighted by atomic mass is 9.98. The Morgan fingerprint density at radius 2 is 1.93 bits per heavy atom. The third-order valence-electron chi connectivity index (χ3n) is 5.03. The second-order valence-electron chi connectivity index (χ2n) is 6.81. The summed E-state index contributed by atoms with van der Waals surface area (Å²) in [7, 11) is 0. The van der Waals surface area contributed by atoms with Crippen LogP contribution in [0.1, 0.15) is 18.5 Å². The maximum absolute atomic E-state index is 14.0. The maximum Gasteiger partial charge on any atom is 0.163 e. The summed E-state index contributed by atoms with van der Waals surface area (Å²) in [6.07, 6.45) is 4.91. The Labute approximate surface area is 170 Å². The van der Waals surface area contributed by atoms with Crippen LogP contribution in [0.15, 0.2) is 67.4 Å². The Balaban J connectivity index is 1.78. The molecule has 0 amide bonds. The van der Waals surface area contributed by atoms with Gasteiger partial charge in [0.25, 0.3) is 0 Å². The van der Waals surface area contributed by atoms with Crippen molar-refractivity contribution >= 4 is 33.7 Å². The number of rotatable bonds is 3. The molecule has 0 aliphatic rings. The second kappa shape index (κ2) is 6.90. The van der Waals surface area contributed by atoms with E-state index in [0.29, 0.717) is 27.3 Å². The molecule has 0 N–H and O–H groups in total. The maximum atomic E-state index is 14.0. The predicted octanol–water partition coefficient (Wildman–Crippen LogP) is 5.44. The largest absolute Gasteiger partial charge is 0.308 e. The SMILES string of the molecule is C[C@H](c1cc2cccc(Cl)c2nc1-c1cccc(F)c1)n1cnc2cncnc21. The number of hydrogen-bond acceptors (Lipinski definition) is 4. The molecule has 0 radical (unpaired) electrons. The average molecular weight is 404 g/mol. The third kappa shape index (κ3) is 3.02. The summed E-state index contributed by atoms with van der Waals surface area (Å²) in [5.74, 6) is -0.317. The molecule has 0 unspecified atom stereocenters. The van der Waals surface area contributed by atoms with Gasteiger partial charge in [-0.15, -0.1) is 0 Å². The van der Waals surface area contributed by atoms with Gasteiger partial charge in [0.2, 0.25) is 0 Å². The Bertz CT molecular complexity index is 1360. The molecule has 0 saturated heterocycles. The van der Waals surface area contributed by atoms with E-state index in [0.717, 1.165) is 16.6 Å². The van der Waals surface area contributed by atoms with E-state index in [1.165, 1.54) is 18.5 Å². The average Bonchev–Trinajstić information content (AvgIpc) is 3.17. The predicted molar refractivity (Wildman–Crippen MR) is 111 cm³/mol. The molecule has 142 valence electrons. The molecule has 1 atom stereocenters. The second-order valence-corrected chi connectivity index (χ2v) is 7.21. The number of fused-ring (bicyclic) bond motifs is 2. The fourth-order valence-electron chi connectivity index (χ4n) is 3.58. The van der Waals surface area contributed by atoms with Crippen molar-refractivity contribution < 1.29 is 4.39 Å². The van der Waals surface area contributed by atoms with Crippen LogP contribution in [0.2, 0.25) is 5.02 Å². The summed E-state index contributed by atoms with van der Waals surface area (Å²) in [5.41, 5.74) is 4.40. The minimum atomic E-state index is -0.317. The number of pyridine rings is 1. The van der Waals surface area contributed by atoms with Crippen LogP contribution in [0.3, 0.4) is 0 Å². The van der Waals surface area contributed by atoms with Gasteiger partial charge in [0.1, 0.15) is 17.7 Å². The number of aromatic nitrogens is 5. The van der Waals surface area contributed by atoms with Gasteiger partial charge in [-0.2, -0.15) is 0 Å². The van der Waals surface area contributed by atoms with Gasteiger partial charge in [0, 0.05) is 16.5 Å². The van der Waals surface area contributed by atoms with Crippen LogP contribution in [-0.2, 0) is 0 Å². The molecule has 29 heavy (non-hydrogen) atoms. The zero-order chi connectivity index (χ0) is 20.0. The van der Waals surface area contributed by atoms with Gasteiger partial charge in [0.05, 0.1) is 34.8 Å². The monoisotopic (exact) mass is 403 g/mol. The minimum absolute atomic E-state index is 0.149. The summed E-state index contributed by atoms with van der Waals surface area (Å²) in [6, 6.07) is 14.0. The van der Waals surface area contributed by atoms with Crippen molar-refractivity contribution in [2.45, 2.75) is 13.0 Å². The van der Waals surface area contributed by atoms with E-state index in [-0.39, 0.29) is 11.9 Å². The van der Waals surface area contributed by atoms with Crippen LogP contribution in [-0.4, -0.2) is 24.5 Å². The van der Waals surface area contributed by atoms with E-state index in [9.17, 15) is 4.39 Å². The molecule has 0 aliphatic heterocycles. The van der Waals surface area contributed by atoms with Crippen LogP contribution < -0.4 is 0 Å². The zero-order valence-electron chi connectivity index (χ0n) is 15.4. The molecule has 5 nitrogen and oxygen atoms in total. The molecule has 2 aromatic carbocycles. The van der Waals surface area contributed by atoms with Crippen molar-refractivity contribution in [2.75, 3.05) is 0 Å². The van der Waals surface area contributed by atoms with Crippen molar-refractivity contribution in [3.8, 4) is 11.3 Å². The van der Waals surface area contributed by atoms with Gasteiger partial charge >= 0.3 is 0 Å². The number of benzene rings is 2. The Morgan fingerprint density at radius 3 is 2.79 bits per heavy atom. The number of hydrogen-bond donors (Lipinski definition) is 0. The van der Waals surface area contributed by atoms with E-state index in [1.807, 2.05) is 35.8 Å². The lowest BCUT2D eigenvalue weighted by Gasteiger charge is -2.19. The molecular formula is C22H15ClFN5. The number of halogens is 2. The van der Waals surface area contributed by atoms with Crippen molar-refractivity contribution in [3.63, 3.8) is 0 Å². The highest BCUT2D eigenvalue weighted by atomic mass is 35.5. The van der Waals surface area contributed by atoms with Gasteiger partial charge in [-0.1, -0.05) is 35.9 Å². The lowest BCUT2D eigenvalue weighted by molar-refractivity contribution is 0.627. The van der Waals surface area contributed by atoms with E-state index in [4.69, 9.17) is 16.6 Å². The number of imidazole rings is 1. The normalized spacial score (nSPS) is 12.5. The molecule has 5 rings (SSSR count). The summed E-state index contributed by atoms with van der Waals surface area (Å²) < 4.78 is 15.9. The summed E-state index contributed by atoms with van der Waals surface area (Å²) in [4.78, 5) is 17.6. The highest BCUT2D eigenvalue weighted by Crippen LogP contribution is 2.34. The molecule has 3 aromatic heterocycles. The fraction of sp³-hybridized carbons (Fsp3) is 0.0909.